The summed E-state index contributed by atoms with van der Waals surface area (Å²) in [6, 6.07) is 5.82. The number of carbonyl (C=O) groups excluding carboxylic acids is 1. The first-order chi connectivity index (χ1) is 10.3. The molecule has 1 amide bonds. The third-order valence-electron chi connectivity index (χ3n) is 3.48. The largest absolute Gasteiger partial charge is 0.479 e. The lowest BCUT2D eigenvalue weighted by Gasteiger charge is -2.15. The lowest BCUT2D eigenvalue weighted by Crippen LogP contribution is -2.33. The lowest BCUT2D eigenvalue weighted by atomic mass is 10.0. The molecule has 0 radical (unpaired) electrons. The van der Waals surface area contributed by atoms with E-state index >= 15 is 0 Å². The van der Waals surface area contributed by atoms with Crippen LogP contribution in [-0.4, -0.2) is 17.0 Å². The summed E-state index contributed by atoms with van der Waals surface area (Å²) in [5.41, 5.74) is 3.18. The average molecular weight is 366 g/mol. The number of hydrogen-bond donors (Lipinski definition) is 2. The van der Waals surface area contributed by atoms with Gasteiger partial charge in [0, 0.05) is 5.56 Å². The van der Waals surface area contributed by atoms with Crippen molar-refractivity contribution >= 4 is 27.8 Å². The molecule has 0 spiro atoms. The van der Waals surface area contributed by atoms with Crippen LogP contribution < -0.4 is 5.32 Å². The Morgan fingerprint density at radius 1 is 1.14 bits per heavy atom. The molecule has 0 saturated heterocycles. The summed E-state index contributed by atoms with van der Waals surface area (Å²) in [5, 5.41) is 11.9. The van der Waals surface area contributed by atoms with Crippen LogP contribution in [0.1, 0.15) is 38.9 Å². The second kappa shape index (κ2) is 6.36. The number of carbonyl (C=O) groups is 2. The van der Waals surface area contributed by atoms with Crippen LogP contribution in [0.25, 0.3) is 0 Å². The van der Waals surface area contributed by atoms with Gasteiger partial charge in [0.2, 0.25) is 0 Å². The summed E-state index contributed by atoms with van der Waals surface area (Å²) in [5.74, 6) is -1.59. The molecule has 0 bridgehead atoms. The SMILES string of the molecule is Cc1ccc(C(NC(=O)c2oc(Br)cc2C)C(=O)O)cc1C. The van der Waals surface area contributed by atoms with Crippen LogP contribution in [0.5, 0.6) is 0 Å². The van der Waals surface area contributed by atoms with E-state index < -0.39 is 17.9 Å². The minimum Gasteiger partial charge on any atom is -0.479 e. The number of benzene rings is 1. The van der Waals surface area contributed by atoms with Gasteiger partial charge in [0.25, 0.3) is 5.91 Å². The monoisotopic (exact) mass is 365 g/mol. The smallest absolute Gasteiger partial charge is 0.330 e. The molecule has 0 aliphatic heterocycles. The van der Waals surface area contributed by atoms with Gasteiger partial charge in [-0.25, -0.2) is 4.79 Å². The number of halogens is 1. The van der Waals surface area contributed by atoms with E-state index in [0.29, 0.717) is 15.8 Å². The number of amides is 1. The van der Waals surface area contributed by atoms with E-state index in [2.05, 4.69) is 21.2 Å². The predicted octanol–water partition coefficient (Wildman–Crippen LogP) is 3.52. The third kappa shape index (κ3) is 3.39. The highest BCUT2D eigenvalue weighted by Gasteiger charge is 2.25. The number of aliphatic carboxylic acids is 1. The zero-order chi connectivity index (χ0) is 16.4. The number of rotatable bonds is 4. The maximum atomic E-state index is 12.2. The van der Waals surface area contributed by atoms with Crippen LogP contribution in [0.4, 0.5) is 0 Å². The van der Waals surface area contributed by atoms with E-state index in [1.807, 2.05) is 19.9 Å². The predicted molar refractivity (Wildman–Crippen MR) is 84.9 cm³/mol. The first-order valence-electron chi connectivity index (χ1n) is 6.66. The quantitative estimate of drug-likeness (QED) is 0.868. The van der Waals surface area contributed by atoms with Gasteiger partial charge in [-0.1, -0.05) is 18.2 Å². The van der Waals surface area contributed by atoms with Crippen molar-refractivity contribution in [3.8, 4) is 0 Å². The molecule has 1 atom stereocenters. The fraction of sp³-hybridized carbons (Fsp3) is 0.250. The number of furan rings is 1. The Labute approximate surface area is 136 Å². The van der Waals surface area contributed by atoms with Crippen molar-refractivity contribution in [2.24, 2.45) is 0 Å². The normalized spacial score (nSPS) is 12.0. The number of carboxylic acid groups (broad SMARTS) is 1. The van der Waals surface area contributed by atoms with Crippen molar-refractivity contribution in [2.45, 2.75) is 26.8 Å². The number of carboxylic acids is 1. The van der Waals surface area contributed by atoms with Crippen molar-refractivity contribution in [1.82, 2.24) is 5.32 Å². The van der Waals surface area contributed by atoms with E-state index in [0.717, 1.165) is 11.1 Å². The number of nitrogens with one attached hydrogen (secondary N) is 1. The summed E-state index contributed by atoms with van der Waals surface area (Å²) in [7, 11) is 0. The molecule has 116 valence electrons. The summed E-state index contributed by atoms with van der Waals surface area (Å²) >= 11 is 3.15. The summed E-state index contributed by atoms with van der Waals surface area (Å²) in [4.78, 5) is 23.7. The molecule has 0 aliphatic rings. The Kier molecular flexibility index (Phi) is 4.71. The van der Waals surface area contributed by atoms with Crippen molar-refractivity contribution in [2.75, 3.05) is 0 Å². The molecule has 2 N–H and O–H groups in total. The van der Waals surface area contributed by atoms with E-state index in [4.69, 9.17) is 4.42 Å². The molecule has 0 saturated carbocycles. The Bertz CT molecular complexity index is 736. The van der Waals surface area contributed by atoms with Crippen LogP contribution in [0, 0.1) is 20.8 Å². The molecule has 0 fully saturated rings. The first-order valence-corrected chi connectivity index (χ1v) is 7.45. The van der Waals surface area contributed by atoms with E-state index in [1.54, 1.807) is 25.1 Å². The molecule has 22 heavy (non-hydrogen) atoms. The second-order valence-corrected chi connectivity index (χ2v) is 5.93. The van der Waals surface area contributed by atoms with Gasteiger partial charge < -0.3 is 14.8 Å². The van der Waals surface area contributed by atoms with Crippen molar-refractivity contribution in [3.63, 3.8) is 0 Å². The molecule has 1 aromatic carbocycles. The van der Waals surface area contributed by atoms with Gasteiger partial charge in [-0.2, -0.15) is 0 Å². The average Bonchev–Trinajstić information content (AvgIpc) is 2.78. The van der Waals surface area contributed by atoms with Crippen LogP contribution in [0.2, 0.25) is 0 Å². The van der Waals surface area contributed by atoms with Crippen LogP contribution >= 0.6 is 15.9 Å². The summed E-state index contributed by atoms with van der Waals surface area (Å²) in [6.07, 6.45) is 0. The highest BCUT2D eigenvalue weighted by Crippen LogP contribution is 2.22. The van der Waals surface area contributed by atoms with Crippen LogP contribution in [0.15, 0.2) is 33.4 Å². The molecular formula is C16H16BrNO4. The Hall–Kier alpha value is -2.08. The number of hydrogen-bond acceptors (Lipinski definition) is 3. The third-order valence-corrected chi connectivity index (χ3v) is 3.87. The van der Waals surface area contributed by atoms with Gasteiger partial charge in [-0.3, -0.25) is 4.79 Å². The maximum Gasteiger partial charge on any atom is 0.330 e. The highest BCUT2D eigenvalue weighted by molar-refractivity contribution is 9.10. The Balaban J connectivity index is 2.29. The first kappa shape index (κ1) is 16.3. The molecule has 6 heteroatoms. The van der Waals surface area contributed by atoms with E-state index in [-0.39, 0.29) is 5.76 Å². The van der Waals surface area contributed by atoms with Gasteiger partial charge in [0.05, 0.1) is 0 Å². The standard InChI is InChI=1S/C16H16BrNO4/c1-8-4-5-11(6-9(8)2)13(16(20)21)18-15(19)14-10(3)7-12(17)22-14/h4-7,13H,1-3H3,(H,18,19)(H,20,21). The fourth-order valence-corrected chi connectivity index (χ4v) is 2.60. The molecule has 0 aliphatic carbocycles. The van der Waals surface area contributed by atoms with Crippen molar-refractivity contribution in [3.05, 3.63) is 56.9 Å². The zero-order valence-electron chi connectivity index (χ0n) is 12.4. The zero-order valence-corrected chi connectivity index (χ0v) is 14.0. The highest BCUT2D eigenvalue weighted by atomic mass is 79.9. The maximum absolute atomic E-state index is 12.2. The topological polar surface area (TPSA) is 79.5 Å². The molecule has 1 aromatic heterocycles. The fourth-order valence-electron chi connectivity index (χ4n) is 2.10. The summed E-state index contributed by atoms with van der Waals surface area (Å²) in [6.45, 7) is 5.56. The molecular weight excluding hydrogens is 350 g/mol. The van der Waals surface area contributed by atoms with Gasteiger partial charge in [-0.15, -0.1) is 0 Å². The van der Waals surface area contributed by atoms with Crippen molar-refractivity contribution in [1.29, 1.82) is 0 Å². The minimum absolute atomic E-state index is 0.0990. The Morgan fingerprint density at radius 2 is 1.82 bits per heavy atom. The van der Waals surface area contributed by atoms with Gasteiger partial charge in [0.15, 0.2) is 16.5 Å². The number of aryl methyl sites for hydroxylation is 3. The summed E-state index contributed by atoms with van der Waals surface area (Å²) < 4.78 is 5.67. The molecule has 2 aromatic rings. The van der Waals surface area contributed by atoms with Crippen molar-refractivity contribution < 1.29 is 19.1 Å². The van der Waals surface area contributed by atoms with E-state index in [9.17, 15) is 14.7 Å². The van der Waals surface area contributed by atoms with Crippen LogP contribution in [-0.2, 0) is 4.79 Å². The molecule has 1 heterocycles. The second-order valence-electron chi connectivity index (χ2n) is 5.15. The molecule has 1 unspecified atom stereocenters. The van der Waals surface area contributed by atoms with Gasteiger partial charge in [0.1, 0.15) is 0 Å². The van der Waals surface area contributed by atoms with Crippen LogP contribution in [0.3, 0.4) is 0 Å². The lowest BCUT2D eigenvalue weighted by molar-refractivity contribution is -0.139. The molecule has 5 nitrogen and oxygen atoms in total. The van der Waals surface area contributed by atoms with Gasteiger partial charge in [-0.05, 0) is 59.5 Å². The Morgan fingerprint density at radius 3 is 2.32 bits per heavy atom. The minimum atomic E-state index is -1.13. The van der Waals surface area contributed by atoms with E-state index in [1.165, 1.54) is 0 Å². The molecule has 2 rings (SSSR count). The van der Waals surface area contributed by atoms with Gasteiger partial charge >= 0.3 is 5.97 Å².